The Morgan fingerprint density at radius 2 is 1.59 bits per heavy atom. The van der Waals surface area contributed by atoms with Crippen LogP contribution in [-0.4, -0.2) is 53.2 Å². The number of carbonyl (C=O) groups excluding carboxylic acids is 2. The molecule has 2 aromatic carbocycles. The van der Waals surface area contributed by atoms with E-state index in [1.54, 1.807) is 13.0 Å². The molecule has 2 aromatic rings. The van der Waals surface area contributed by atoms with Crippen LogP contribution < -0.4 is 5.32 Å². The molecule has 0 saturated carbocycles. The molecule has 1 aliphatic carbocycles. The average molecular weight is 465 g/mol. The second-order valence-electron chi connectivity index (χ2n) is 9.36. The fourth-order valence-corrected chi connectivity index (χ4v) is 4.19. The summed E-state index contributed by atoms with van der Waals surface area (Å²) >= 11 is 0. The maximum Gasteiger partial charge on any atom is 0.407 e. The van der Waals surface area contributed by atoms with Crippen molar-refractivity contribution in [3.05, 3.63) is 71.3 Å². The van der Waals surface area contributed by atoms with Crippen LogP contribution in [0.5, 0.6) is 0 Å². The highest BCUT2D eigenvalue weighted by atomic mass is 16.5. The molecule has 0 aromatic heterocycles. The monoisotopic (exact) mass is 464 g/mol. The minimum Gasteiger partial charge on any atom is -0.481 e. The quantitative estimate of drug-likeness (QED) is 0.558. The molecule has 0 saturated heterocycles. The Morgan fingerprint density at radius 3 is 2.12 bits per heavy atom. The van der Waals surface area contributed by atoms with Gasteiger partial charge in [-0.2, -0.15) is 0 Å². The Labute approximate surface area is 200 Å². The molecule has 0 aliphatic heterocycles. The largest absolute Gasteiger partial charge is 0.481 e. The molecule has 0 spiro atoms. The van der Waals surface area contributed by atoms with Gasteiger partial charge in [0.15, 0.2) is 0 Å². The maximum absolute atomic E-state index is 12.8. The van der Waals surface area contributed by atoms with Crippen LogP contribution in [0.25, 0.3) is 11.1 Å². The maximum atomic E-state index is 12.8. The minimum absolute atomic E-state index is 0.0217. The van der Waals surface area contributed by atoms with Crippen LogP contribution in [0.3, 0.4) is 0 Å². The van der Waals surface area contributed by atoms with Crippen LogP contribution in [0.2, 0.25) is 0 Å². The lowest BCUT2D eigenvalue weighted by atomic mass is 9.98. The van der Waals surface area contributed by atoms with Crippen molar-refractivity contribution < 1.29 is 24.2 Å². The molecule has 2 N–H and O–H groups in total. The molecule has 0 fully saturated rings. The molecule has 7 nitrogen and oxygen atoms in total. The Kier molecular flexibility index (Phi) is 7.76. The predicted molar refractivity (Wildman–Crippen MR) is 131 cm³/mol. The molecule has 0 heterocycles. The molecular formula is C27H32N2O5. The number of alkyl carbamates (subject to hydrolysis) is 1. The van der Waals surface area contributed by atoms with Gasteiger partial charge in [0.2, 0.25) is 5.91 Å². The highest BCUT2D eigenvalue weighted by Crippen LogP contribution is 2.44. The van der Waals surface area contributed by atoms with Crippen LogP contribution >= 0.6 is 0 Å². The van der Waals surface area contributed by atoms with Gasteiger partial charge in [0, 0.05) is 30.1 Å². The number of nitrogens with zero attached hydrogens (tertiary/aromatic N) is 1. The van der Waals surface area contributed by atoms with E-state index in [1.807, 2.05) is 45.0 Å². The number of aliphatic carboxylic acids is 1. The summed E-state index contributed by atoms with van der Waals surface area (Å²) in [5, 5.41) is 11.6. The summed E-state index contributed by atoms with van der Waals surface area (Å²) in [6.07, 6.45) is 0.925. The zero-order valence-electron chi connectivity index (χ0n) is 20.1. The lowest BCUT2D eigenvalue weighted by Crippen LogP contribution is -2.47. The average Bonchev–Trinajstić information content (AvgIpc) is 3.10. The second kappa shape index (κ2) is 10.5. The van der Waals surface area contributed by atoms with E-state index in [-0.39, 0.29) is 37.9 Å². The number of nitrogens with one attached hydrogen (secondary N) is 1. The van der Waals surface area contributed by atoms with E-state index >= 15 is 0 Å². The number of carboxylic acid groups (broad SMARTS) is 1. The number of fused-ring (bicyclic) bond motifs is 3. The zero-order valence-corrected chi connectivity index (χ0v) is 20.1. The summed E-state index contributed by atoms with van der Waals surface area (Å²) < 4.78 is 5.51. The Hall–Kier alpha value is -3.61. The van der Waals surface area contributed by atoms with Crippen LogP contribution in [0, 0.1) is 0 Å². The third kappa shape index (κ3) is 5.84. The number of hydrogen-bond acceptors (Lipinski definition) is 4. The molecule has 7 heteroatoms. The first-order valence-corrected chi connectivity index (χ1v) is 11.4. The Bertz CT molecular complexity index is 1050. The fraction of sp³-hybridized carbons (Fsp3) is 0.370. The number of amides is 2. The van der Waals surface area contributed by atoms with Gasteiger partial charge in [-0.25, -0.2) is 4.79 Å². The lowest BCUT2D eigenvalue weighted by Gasteiger charge is -2.35. The van der Waals surface area contributed by atoms with Gasteiger partial charge < -0.3 is 20.1 Å². The third-order valence-electron chi connectivity index (χ3n) is 5.94. The molecule has 0 bridgehead atoms. The molecule has 1 aliphatic rings. The number of ether oxygens (including phenoxy) is 1. The Morgan fingerprint density at radius 1 is 1.03 bits per heavy atom. The number of benzene rings is 2. The minimum atomic E-state index is -0.958. The summed E-state index contributed by atoms with van der Waals surface area (Å²) in [6.45, 7) is 7.68. The summed E-state index contributed by atoms with van der Waals surface area (Å²) in [6, 6.07) is 16.3. The molecule has 180 valence electrons. The van der Waals surface area contributed by atoms with Gasteiger partial charge in [0.1, 0.15) is 6.61 Å². The first-order valence-electron chi connectivity index (χ1n) is 11.4. The number of carboxylic acids is 1. The van der Waals surface area contributed by atoms with E-state index in [1.165, 1.54) is 4.90 Å². The van der Waals surface area contributed by atoms with Gasteiger partial charge in [-0.3, -0.25) is 9.59 Å². The molecule has 34 heavy (non-hydrogen) atoms. The van der Waals surface area contributed by atoms with Crippen molar-refractivity contribution in [3.8, 4) is 11.1 Å². The van der Waals surface area contributed by atoms with Gasteiger partial charge >= 0.3 is 12.1 Å². The van der Waals surface area contributed by atoms with Crippen molar-refractivity contribution in [3.63, 3.8) is 0 Å². The van der Waals surface area contributed by atoms with E-state index in [4.69, 9.17) is 9.84 Å². The summed E-state index contributed by atoms with van der Waals surface area (Å²) in [4.78, 5) is 37.6. The van der Waals surface area contributed by atoms with E-state index in [0.717, 1.165) is 22.3 Å². The van der Waals surface area contributed by atoms with Crippen molar-refractivity contribution in [1.29, 1.82) is 0 Å². The number of rotatable bonds is 8. The second-order valence-corrected chi connectivity index (χ2v) is 9.36. The van der Waals surface area contributed by atoms with Gasteiger partial charge in [-0.15, -0.1) is 0 Å². The molecule has 2 amide bonds. The number of hydrogen-bond donors (Lipinski definition) is 2. The number of carbonyl (C=O) groups is 3. The first-order chi connectivity index (χ1) is 16.1. The van der Waals surface area contributed by atoms with Crippen LogP contribution in [0.15, 0.2) is 60.2 Å². The van der Waals surface area contributed by atoms with Crippen molar-refractivity contribution in [2.45, 2.75) is 45.6 Å². The van der Waals surface area contributed by atoms with Crippen LogP contribution in [0.4, 0.5) is 4.79 Å². The fourth-order valence-electron chi connectivity index (χ4n) is 4.19. The van der Waals surface area contributed by atoms with Crippen LogP contribution in [0.1, 0.15) is 51.2 Å². The molecule has 0 atom stereocenters. The van der Waals surface area contributed by atoms with Gasteiger partial charge in [0.05, 0.1) is 6.42 Å². The predicted octanol–water partition coefficient (Wildman–Crippen LogP) is 4.57. The normalized spacial score (nSPS) is 13.1. The van der Waals surface area contributed by atoms with E-state index in [2.05, 4.69) is 29.6 Å². The summed E-state index contributed by atoms with van der Waals surface area (Å²) in [5.74, 6) is -1.24. The van der Waals surface area contributed by atoms with E-state index < -0.39 is 17.6 Å². The SMILES string of the molecule is C/C(=C\CNC(=O)OCC1c2ccccc2-c2ccccc21)C(=O)N(CCC(=O)O)C(C)(C)C. The molecule has 0 unspecified atom stereocenters. The van der Waals surface area contributed by atoms with Gasteiger partial charge in [0.25, 0.3) is 0 Å². The van der Waals surface area contributed by atoms with Gasteiger partial charge in [-0.1, -0.05) is 54.6 Å². The standard InChI is InChI=1S/C27H32N2O5/c1-18(25(32)29(27(2,3)4)16-14-24(30)31)13-15-28-26(33)34-17-23-21-11-7-5-9-19(21)20-10-6-8-12-22(20)23/h5-13,23H,14-17H2,1-4H3,(H,28,33)(H,30,31)/b18-13+. The first kappa shape index (κ1) is 25.0. The van der Waals surface area contributed by atoms with Crippen molar-refractivity contribution in [2.75, 3.05) is 19.7 Å². The van der Waals surface area contributed by atoms with E-state index in [9.17, 15) is 14.4 Å². The topological polar surface area (TPSA) is 95.9 Å². The van der Waals surface area contributed by atoms with Crippen LogP contribution in [-0.2, 0) is 14.3 Å². The van der Waals surface area contributed by atoms with E-state index in [0.29, 0.717) is 5.57 Å². The van der Waals surface area contributed by atoms with Crippen molar-refractivity contribution in [2.24, 2.45) is 0 Å². The smallest absolute Gasteiger partial charge is 0.407 e. The third-order valence-corrected chi connectivity index (χ3v) is 5.94. The lowest BCUT2D eigenvalue weighted by molar-refractivity contribution is -0.139. The summed E-state index contributed by atoms with van der Waals surface area (Å²) in [5.41, 5.74) is 4.51. The molecule has 3 rings (SSSR count). The summed E-state index contributed by atoms with van der Waals surface area (Å²) in [7, 11) is 0. The van der Waals surface area contributed by atoms with Crippen molar-refractivity contribution >= 4 is 18.0 Å². The van der Waals surface area contributed by atoms with Gasteiger partial charge in [-0.05, 0) is 49.9 Å². The Balaban J connectivity index is 1.56. The molecular weight excluding hydrogens is 432 g/mol. The molecule has 0 radical (unpaired) electrons. The highest BCUT2D eigenvalue weighted by Gasteiger charge is 2.29. The zero-order chi connectivity index (χ0) is 24.9. The van der Waals surface area contributed by atoms with Crippen molar-refractivity contribution in [1.82, 2.24) is 10.2 Å². The highest BCUT2D eigenvalue weighted by molar-refractivity contribution is 5.93.